The summed E-state index contributed by atoms with van der Waals surface area (Å²) in [6.07, 6.45) is 0. The molecule has 2 fully saturated rings. The number of likely N-dealkylation sites (tertiary alicyclic amines) is 1. The van der Waals surface area contributed by atoms with Gasteiger partial charge in [-0.2, -0.15) is 8.42 Å². The number of hydrazine groups is 1. The van der Waals surface area contributed by atoms with Crippen molar-refractivity contribution in [2.24, 2.45) is 11.0 Å². The molecule has 31 heavy (non-hydrogen) atoms. The van der Waals surface area contributed by atoms with Crippen LogP contribution in [-0.2, 0) is 24.6 Å². The second-order valence-electron chi connectivity index (χ2n) is 6.13. The quantitative estimate of drug-likeness (QED) is 0.107. The number of urea groups is 2. The van der Waals surface area contributed by atoms with Gasteiger partial charge in [-0.15, -0.1) is 11.3 Å². The van der Waals surface area contributed by atoms with E-state index in [2.05, 4.69) is 20.3 Å². The molecule has 0 bridgehead atoms. The van der Waals surface area contributed by atoms with Crippen molar-refractivity contribution < 1.29 is 32.4 Å². The van der Waals surface area contributed by atoms with Crippen molar-refractivity contribution in [3.8, 4) is 0 Å². The standard InChI is InChI=1S/C13H17N9O7S2/c1-29-18-8(7-5-30-11(14)17-7)9(23)16-6-4-20(10(6)24)12(25)19-31(27,28)22-3-2-21(15)13(22)26/h5-6H,2-4,15H2,1H3,(H2,14,17)(H,16,23)(H,19,25). The van der Waals surface area contributed by atoms with Crippen LogP contribution in [0.4, 0.5) is 14.7 Å². The summed E-state index contributed by atoms with van der Waals surface area (Å²) < 4.78 is 26.3. The lowest BCUT2D eigenvalue weighted by Gasteiger charge is -2.36. The van der Waals surface area contributed by atoms with Gasteiger partial charge in [-0.3, -0.25) is 19.5 Å². The van der Waals surface area contributed by atoms with Gasteiger partial charge >= 0.3 is 22.3 Å². The number of β-lactam (4-membered cyclic amide) rings is 1. The lowest BCUT2D eigenvalue weighted by atomic mass is 10.1. The van der Waals surface area contributed by atoms with Crippen LogP contribution in [0.2, 0.25) is 0 Å². The number of amides is 6. The van der Waals surface area contributed by atoms with Gasteiger partial charge in [0.05, 0.1) is 19.6 Å². The van der Waals surface area contributed by atoms with Gasteiger partial charge in [-0.05, 0) is 0 Å². The zero-order valence-electron chi connectivity index (χ0n) is 15.8. The fraction of sp³-hybridized carbons (Fsp3) is 0.385. The number of nitrogens with two attached hydrogens (primary N) is 2. The van der Waals surface area contributed by atoms with Crippen molar-refractivity contribution in [2.45, 2.75) is 6.04 Å². The van der Waals surface area contributed by atoms with E-state index in [1.165, 1.54) is 12.5 Å². The third-order valence-electron chi connectivity index (χ3n) is 4.15. The predicted octanol–water partition coefficient (Wildman–Crippen LogP) is -3.03. The van der Waals surface area contributed by atoms with Gasteiger partial charge in [0, 0.05) is 5.38 Å². The number of rotatable bonds is 6. The molecule has 168 valence electrons. The Hall–Kier alpha value is -3.51. The fourth-order valence-electron chi connectivity index (χ4n) is 2.61. The van der Waals surface area contributed by atoms with E-state index < -0.39 is 40.1 Å². The molecule has 2 aliphatic heterocycles. The van der Waals surface area contributed by atoms with E-state index in [1.807, 2.05) is 0 Å². The van der Waals surface area contributed by atoms with Crippen LogP contribution in [0.25, 0.3) is 0 Å². The van der Waals surface area contributed by atoms with Crippen molar-refractivity contribution >= 4 is 56.3 Å². The Kier molecular flexibility index (Phi) is 5.95. The van der Waals surface area contributed by atoms with Gasteiger partial charge in [0.1, 0.15) is 18.8 Å². The smallest absolute Gasteiger partial charge is 0.349 e. The molecule has 0 saturated carbocycles. The molecule has 0 aromatic carbocycles. The number of oxime groups is 1. The molecule has 0 aliphatic carbocycles. The zero-order chi connectivity index (χ0) is 22.9. The van der Waals surface area contributed by atoms with Crippen molar-refractivity contribution in [2.75, 3.05) is 32.5 Å². The van der Waals surface area contributed by atoms with E-state index in [9.17, 15) is 27.6 Å². The largest absolute Gasteiger partial charge is 0.398 e. The molecule has 3 rings (SSSR count). The van der Waals surface area contributed by atoms with E-state index in [0.29, 0.717) is 14.2 Å². The molecule has 1 aromatic rings. The van der Waals surface area contributed by atoms with Crippen LogP contribution in [-0.4, -0.2) is 90.0 Å². The Morgan fingerprint density at radius 3 is 2.58 bits per heavy atom. The molecule has 0 spiro atoms. The van der Waals surface area contributed by atoms with Gasteiger partial charge in [0.2, 0.25) is 0 Å². The minimum absolute atomic E-state index is 0.0549. The number of nitrogens with zero attached hydrogens (tertiary/aromatic N) is 5. The Balaban J connectivity index is 1.59. The molecule has 6 N–H and O–H groups in total. The Bertz CT molecular complexity index is 1070. The van der Waals surface area contributed by atoms with Crippen LogP contribution in [0, 0.1) is 0 Å². The molecule has 2 aliphatic rings. The number of hydrogen-bond acceptors (Lipinski definition) is 12. The molecule has 6 amide bonds. The number of imide groups is 1. The number of anilines is 1. The Morgan fingerprint density at radius 2 is 2.06 bits per heavy atom. The highest BCUT2D eigenvalue weighted by Gasteiger charge is 2.45. The summed E-state index contributed by atoms with van der Waals surface area (Å²) >= 11 is 1.06. The Labute approximate surface area is 178 Å². The van der Waals surface area contributed by atoms with Crippen LogP contribution in [0.5, 0.6) is 0 Å². The molecule has 2 saturated heterocycles. The number of thiazole rings is 1. The van der Waals surface area contributed by atoms with Crippen molar-refractivity contribution in [3.63, 3.8) is 0 Å². The normalized spacial score (nSPS) is 19.4. The van der Waals surface area contributed by atoms with Gasteiger partial charge in [0.25, 0.3) is 11.8 Å². The Morgan fingerprint density at radius 1 is 1.35 bits per heavy atom. The van der Waals surface area contributed by atoms with Crippen LogP contribution in [0.3, 0.4) is 0 Å². The molecule has 0 radical (unpaired) electrons. The number of carbonyl (C=O) groups excluding carboxylic acids is 4. The maximum absolute atomic E-state index is 12.4. The molecule has 1 unspecified atom stereocenters. The maximum atomic E-state index is 12.4. The summed E-state index contributed by atoms with van der Waals surface area (Å²) in [6, 6.07) is -3.42. The molecule has 16 nitrogen and oxygen atoms in total. The first-order valence-corrected chi connectivity index (χ1v) is 10.7. The number of hydrogen-bond donors (Lipinski definition) is 4. The highest BCUT2D eigenvalue weighted by Crippen LogP contribution is 2.15. The van der Waals surface area contributed by atoms with Crippen molar-refractivity contribution in [1.29, 1.82) is 0 Å². The van der Waals surface area contributed by atoms with Crippen molar-refractivity contribution in [3.05, 3.63) is 11.1 Å². The van der Waals surface area contributed by atoms with Crippen LogP contribution >= 0.6 is 11.3 Å². The first-order valence-electron chi connectivity index (χ1n) is 8.40. The van der Waals surface area contributed by atoms with Crippen molar-refractivity contribution in [1.82, 2.24) is 29.2 Å². The predicted molar refractivity (Wildman–Crippen MR) is 104 cm³/mol. The molecule has 3 heterocycles. The molecule has 18 heteroatoms. The minimum atomic E-state index is -4.55. The SMILES string of the molecule is CON=C(C(=O)NC1CN(C(=O)NS(=O)(=O)N2CCN(N)C2=O)C1=O)c1csc(N)n1. The zero-order valence-corrected chi connectivity index (χ0v) is 17.5. The topological polar surface area (TPSA) is 223 Å². The van der Waals surface area contributed by atoms with Gasteiger partial charge in [0.15, 0.2) is 10.8 Å². The molecule has 1 aromatic heterocycles. The summed E-state index contributed by atoms with van der Waals surface area (Å²) in [5.74, 6) is 3.61. The fourth-order valence-corrected chi connectivity index (χ4v) is 4.23. The number of nitrogen functional groups attached to an aromatic ring is 1. The monoisotopic (exact) mass is 475 g/mol. The summed E-state index contributed by atoms with van der Waals surface area (Å²) in [5, 5.41) is 8.21. The van der Waals surface area contributed by atoms with E-state index in [4.69, 9.17) is 11.6 Å². The second kappa shape index (κ2) is 8.32. The average Bonchev–Trinajstić information content (AvgIpc) is 3.27. The second-order valence-corrected chi connectivity index (χ2v) is 8.61. The third-order valence-corrected chi connectivity index (χ3v) is 6.18. The van der Waals surface area contributed by atoms with Gasteiger partial charge in [-0.25, -0.2) is 29.4 Å². The highest BCUT2D eigenvalue weighted by atomic mass is 32.2. The summed E-state index contributed by atoms with van der Waals surface area (Å²) in [6.45, 7) is -0.629. The number of nitrogens with one attached hydrogen (secondary N) is 2. The summed E-state index contributed by atoms with van der Waals surface area (Å²) in [5.41, 5.74) is 5.41. The van der Waals surface area contributed by atoms with Crippen LogP contribution < -0.4 is 21.6 Å². The molecular weight excluding hydrogens is 458 g/mol. The molecular formula is C13H17N9O7S2. The highest BCUT2D eigenvalue weighted by molar-refractivity contribution is 7.88. The lowest BCUT2D eigenvalue weighted by Crippen LogP contribution is -2.68. The first kappa shape index (κ1) is 22.2. The van der Waals surface area contributed by atoms with E-state index in [1.54, 1.807) is 4.72 Å². The maximum Gasteiger partial charge on any atom is 0.349 e. The molecule has 1 atom stereocenters. The summed E-state index contributed by atoms with van der Waals surface area (Å²) in [7, 11) is -3.35. The van der Waals surface area contributed by atoms with E-state index >= 15 is 0 Å². The minimum Gasteiger partial charge on any atom is -0.398 e. The third kappa shape index (κ3) is 4.34. The lowest BCUT2D eigenvalue weighted by molar-refractivity contribution is -0.141. The van der Waals surface area contributed by atoms with Gasteiger partial charge in [-0.1, -0.05) is 5.16 Å². The average molecular weight is 475 g/mol. The first-order chi connectivity index (χ1) is 14.5. The van der Waals surface area contributed by atoms with Crippen LogP contribution in [0.15, 0.2) is 10.5 Å². The van der Waals surface area contributed by atoms with E-state index in [0.717, 1.165) is 11.3 Å². The van der Waals surface area contributed by atoms with Gasteiger partial charge < -0.3 is 15.9 Å². The number of aromatic nitrogens is 1. The van der Waals surface area contributed by atoms with E-state index in [-0.39, 0.29) is 36.2 Å². The number of carbonyl (C=O) groups is 4. The van der Waals surface area contributed by atoms with Crippen LogP contribution in [0.1, 0.15) is 5.69 Å². The summed E-state index contributed by atoms with van der Waals surface area (Å²) in [4.78, 5) is 57.5.